The van der Waals surface area contributed by atoms with Gasteiger partial charge in [0, 0.05) is 28.5 Å². The standard InChI is InChI=1S/C16H14N2S/c1-3-7-15-12(5-1)9-17-18(15)10-13-11-19-16-8-4-2-6-14(13)16/h1-9,13H,10-11H2. The van der Waals surface area contributed by atoms with Crippen LogP contribution in [0.15, 0.2) is 59.6 Å². The van der Waals surface area contributed by atoms with Gasteiger partial charge in [0.2, 0.25) is 0 Å². The fourth-order valence-electron chi connectivity index (χ4n) is 2.76. The molecule has 1 aliphatic heterocycles. The van der Waals surface area contributed by atoms with E-state index in [2.05, 4.69) is 58.3 Å². The highest BCUT2D eigenvalue weighted by Crippen LogP contribution is 2.40. The van der Waals surface area contributed by atoms with Crippen molar-refractivity contribution in [1.29, 1.82) is 0 Å². The summed E-state index contributed by atoms with van der Waals surface area (Å²) in [5.74, 6) is 1.73. The van der Waals surface area contributed by atoms with E-state index in [1.165, 1.54) is 21.4 Å². The lowest BCUT2D eigenvalue weighted by Crippen LogP contribution is -2.09. The summed E-state index contributed by atoms with van der Waals surface area (Å²) in [6.07, 6.45) is 1.96. The van der Waals surface area contributed by atoms with Crippen molar-refractivity contribution in [2.45, 2.75) is 17.4 Å². The van der Waals surface area contributed by atoms with Crippen LogP contribution in [0.5, 0.6) is 0 Å². The summed E-state index contributed by atoms with van der Waals surface area (Å²) in [4.78, 5) is 1.43. The van der Waals surface area contributed by atoms with E-state index >= 15 is 0 Å². The van der Waals surface area contributed by atoms with Crippen molar-refractivity contribution >= 4 is 22.7 Å². The number of fused-ring (bicyclic) bond motifs is 2. The molecule has 0 N–H and O–H groups in total. The van der Waals surface area contributed by atoms with Gasteiger partial charge in [0.15, 0.2) is 0 Å². The Bertz CT molecular complexity index is 732. The van der Waals surface area contributed by atoms with E-state index in [-0.39, 0.29) is 0 Å². The Morgan fingerprint density at radius 2 is 1.95 bits per heavy atom. The van der Waals surface area contributed by atoms with Crippen LogP contribution in [0.1, 0.15) is 11.5 Å². The van der Waals surface area contributed by atoms with Crippen LogP contribution in [0.3, 0.4) is 0 Å². The molecule has 2 heterocycles. The predicted molar refractivity (Wildman–Crippen MR) is 79.6 cm³/mol. The Morgan fingerprint density at radius 3 is 2.95 bits per heavy atom. The Kier molecular flexibility index (Phi) is 2.59. The normalized spacial score (nSPS) is 17.8. The monoisotopic (exact) mass is 266 g/mol. The van der Waals surface area contributed by atoms with E-state index in [0.29, 0.717) is 5.92 Å². The Labute approximate surface area is 116 Å². The van der Waals surface area contributed by atoms with Gasteiger partial charge in [-0.2, -0.15) is 5.10 Å². The number of hydrogen-bond acceptors (Lipinski definition) is 2. The van der Waals surface area contributed by atoms with Crippen molar-refractivity contribution in [3.05, 3.63) is 60.3 Å². The Morgan fingerprint density at radius 1 is 1.11 bits per heavy atom. The first kappa shape index (κ1) is 11.1. The van der Waals surface area contributed by atoms with Crippen LogP contribution in [-0.4, -0.2) is 15.5 Å². The number of hydrogen-bond donors (Lipinski definition) is 0. The van der Waals surface area contributed by atoms with E-state index < -0.39 is 0 Å². The van der Waals surface area contributed by atoms with Crippen LogP contribution in [0.2, 0.25) is 0 Å². The average molecular weight is 266 g/mol. The highest BCUT2D eigenvalue weighted by Gasteiger charge is 2.23. The van der Waals surface area contributed by atoms with Crippen LogP contribution < -0.4 is 0 Å². The molecule has 1 atom stereocenters. The number of thioether (sulfide) groups is 1. The number of rotatable bonds is 2. The molecule has 1 unspecified atom stereocenters. The van der Waals surface area contributed by atoms with E-state index in [9.17, 15) is 0 Å². The summed E-state index contributed by atoms with van der Waals surface area (Å²) in [7, 11) is 0. The maximum atomic E-state index is 4.54. The van der Waals surface area contributed by atoms with Gasteiger partial charge < -0.3 is 0 Å². The molecule has 4 rings (SSSR count). The van der Waals surface area contributed by atoms with E-state index in [1.807, 2.05) is 18.0 Å². The lowest BCUT2D eigenvalue weighted by atomic mass is 10.0. The molecule has 0 aliphatic carbocycles. The SMILES string of the molecule is c1ccc2c(c1)SCC2Cn1ncc2ccccc21. The first-order chi connectivity index (χ1) is 9.42. The maximum Gasteiger partial charge on any atom is 0.0682 e. The smallest absolute Gasteiger partial charge is 0.0682 e. The van der Waals surface area contributed by atoms with Gasteiger partial charge in [-0.25, -0.2) is 0 Å². The van der Waals surface area contributed by atoms with Crippen molar-refractivity contribution in [2.24, 2.45) is 0 Å². The number of para-hydroxylation sites is 1. The minimum Gasteiger partial charge on any atom is -0.264 e. The van der Waals surface area contributed by atoms with Crippen molar-refractivity contribution in [2.75, 3.05) is 5.75 Å². The second-order valence-electron chi connectivity index (χ2n) is 4.93. The summed E-state index contributed by atoms with van der Waals surface area (Å²) in [5, 5.41) is 5.76. The van der Waals surface area contributed by atoms with Gasteiger partial charge in [-0.3, -0.25) is 4.68 Å². The molecule has 0 fully saturated rings. The molecule has 2 aromatic carbocycles. The third-order valence-electron chi connectivity index (χ3n) is 3.74. The van der Waals surface area contributed by atoms with E-state index in [0.717, 1.165) is 12.3 Å². The van der Waals surface area contributed by atoms with Crippen LogP contribution in [0.4, 0.5) is 0 Å². The molecule has 0 bridgehead atoms. The molecule has 1 aliphatic rings. The third-order valence-corrected chi connectivity index (χ3v) is 5.00. The molecule has 3 aromatic rings. The summed E-state index contributed by atoms with van der Waals surface area (Å²) in [6.45, 7) is 0.970. The molecule has 94 valence electrons. The molecule has 19 heavy (non-hydrogen) atoms. The fraction of sp³-hybridized carbons (Fsp3) is 0.188. The molecule has 0 spiro atoms. The molecule has 3 heteroatoms. The van der Waals surface area contributed by atoms with Crippen molar-refractivity contribution < 1.29 is 0 Å². The minimum absolute atomic E-state index is 0.574. The molecular weight excluding hydrogens is 252 g/mol. The zero-order chi connectivity index (χ0) is 12.7. The van der Waals surface area contributed by atoms with Gasteiger partial charge in [0.1, 0.15) is 0 Å². The van der Waals surface area contributed by atoms with Gasteiger partial charge in [0.25, 0.3) is 0 Å². The number of benzene rings is 2. The summed E-state index contributed by atoms with van der Waals surface area (Å²) >= 11 is 1.96. The largest absolute Gasteiger partial charge is 0.264 e. The average Bonchev–Trinajstić information content (AvgIpc) is 3.05. The highest BCUT2D eigenvalue weighted by atomic mass is 32.2. The number of nitrogens with zero attached hydrogens (tertiary/aromatic N) is 2. The summed E-state index contributed by atoms with van der Waals surface area (Å²) in [6, 6.07) is 17.2. The Balaban J connectivity index is 1.70. The van der Waals surface area contributed by atoms with Crippen LogP contribution in [0.25, 0.3) is 10.9 Å². The highest BCUT2D eigenvalue weighted by molar-refractivity contribution is 7.99. The molecule has 0 amide bonds. The zero-order valence-electron chi connectivity index (χ0n) is 10.5. The third kappa shape index (κ3) is 1.85. The van der Waals surface area contributed by atoms with Crippen LogP contribution >= 0.6 is 11.8 Å². The quantitative estimate of drug-likeness (QED) is 0.699. The van der Waals surface area contributed by atoms with Crippen LogP contribution in [0, 0.1) is 0 Å². The first-order valence-electron chi connectivity index (χ1n) is 6.54. The fourth-order valence-corrected chi connectivity index (χ4v) is 4.00. The van der Waals surface area contributed by atoms with E-state index in [1.54, 1.807) is 0 Å². The van der Waals surface area contributed by atoms with Gasteiger partial charge >= 0.3 is 0 Å². The lowest BCUT2D eigenvalue weighted by molar-refractivity contribution is 0.565. The van der Waals surface area contributed by atoms with Crippen molar-refractivity contribution in [1.82, 2.24) is 9.78 Å². The molecular formula is C16H14N2S. The minimum atomic E-state index is 0.574. The van der Waals surface area contributed by atoms with Gasteiger partial charge in [0.05, 0.1) is 11.7 Å². The van der Waals surface area contributed by atoms with Crippen LogP contribution in [-0.2, 0) is 6.54 Å². The van der Waals surface area contributed by atoms with E-state index in [4.69, 9.17) is 0 Å². The lowest BCUT2D eigenvalue weighted by Gasteiger charge is -2.11. The number of aromatic nitrogens is 2. The summed E-state index contributed by atoms with van der Waals surface area (Å²) < 4.78 is 2.14. The Hall–Kier alpha value is -1.74. The molecule has 0 saturated carbocycles. The first-order valence-corrected chi connectivity index (χ1v) is 7.52. The maximum absolute atomic E-state index is 4.54. The second-order valence-corrected chi connectivity index (χ2v) is 5.99. The molecule has 0 radical (unpaired) electrons. The van der Waals surface area contributed by atoms with Crippen molar-refractivity contribution in [3.63, 3.8) is 0 Å². The molecule has 2 nitrogen and oxygen atoms in total. The topological polar surface area (TPSA) is 17.8 Å². The van der Waals surface area contributed by atoms with Gasteiger partial charge in [-0.1, -0.05) is 36.4 Å². The van der Waals surface area contributed by atoms with Gasteiger partial charge in [-0.15, -0.1) is 11.8 Å². The summed E-state index contributed by atoms with van der Waals surface area (Å²) in [5.41, 5.74) is 2.71. The van der Waals surface area contributed by atoms with Gasteiger partial charge in [-0.05, 0) is 17.7 Å². The van der Waals surface area contributed by atoms with Crippen molar-refractivity contribution in [3.8, 4) is 0 Å². The zero-order valence-corrected chi connectivity index (χ0v) is 11.3. The second kappa shape index (κ2) is 4.42. The molecule has 1 aromatic heterocycles. The molecule has 0 saturated heterocycles. The predicted octanol–water partition coefficient (Wildman–Crippen LogP) is 3.93.